The summed E-state index contributed by atoms with van der Waals surface area (Å²) in [7, 11) is 1.63. The summed E-state index contributed by atoms with van der Waals surface area (Å²) in [5, 5.41) is 0. The van der Waals surface area contributed by atoms with Gasteiger partial charge in [0.1, 0.15) is 0 Å². The van der Waals surface area contributed by atoms with Crippen molar-refractivity contribution in [1.29, 1.82) is 0 Å². The number of likely N-dealkylation sites (N-methyl/N-ethyl adjacent to an activating group) is 1. The van der Waals surface area contributed by atoms with E-state index in [-0.39, 0.29) is 5.91 Å². The average Bonchev–Trinajstić information content (AvgIpc) is 2.86. The molecule has 0 aromatic heterocycles. The molecule has 4 heteroatoms. The van der Waals surface area contributed by atoms with E-state index in [2.05, 4.69) is 0 Å². The third kappa shape index (κ3) is 2.42. The van der Waals surface area contributed by atoms with E-state index in [0.717, 1.165) is 12.8 Å². The van der Waals surface area contributed by atoms with Crippen molar-refractivity contribution >= 4 is 5.91 Å². The standard InChI is InChI=1S/C9H18N2O2/c1-3-11(6-7-13-2)8(12)9(10)4-5-9/h3-7,10H2,1-2H3. The molecule has 1 rings (SSSR count). The van der Waals surface area contributed by atoms with Gasteiger partial charge in [-0.25, -0.2) is 0 Å². The molecule has 0 aliphatic heterocycles. The van der Waals surface area contributed by atoms with Gasteiger partial charge in [0.25, 0.3) is 0 Å². The summed E-state index contributed by atoms with van der Waals surface area (Å²) in [5.74, 6) is 0.0760. The van der Waals surface area contributed by atoms with Gasteiger partial charge in [0, 0.05) is 20.2 Å². The van der Waals surface area contributed by atoms with Crippen LogP contribution < -0.4 is 5.73 Å². The Morgan fingerprint density at radius 2 is 2.23 bits per heavy atom. The number of methoxy groups -OCH3 is 1. The minimum Gasteiger partial charge on any atom is -0.383 e. The summed E-state index contributed by atoms with van der Waals surface area (Å²) >= 11 is 0. The first-order chi connectivity index (χ1) is 6.14. The van der Waals surface area contributed by atoms with Crippen molar-refractivity contribution in [2.24, 2.45) is 5.73 Å². The van der Waals surface area contributed by atoms with Gasteiger partial charge in [-0.2, -0.15) is 0 Å². The fourth-order valence-corrected chi connectivity index (χ4v) is 1.27. The van der Waals surface area contributed by atoms with E-state index in [4.69, 9.17) is 10.5 Å². The van der Waals surface area contributed by atoms with Crippen LogP contribution in [-0.2, 0) is 9.53 Å². The van der Waals surface area contributed by atoms with Crippen molar-refractivity contribution < 1.29 is 9.53 Å². The van der Waals surface area contributed by atoms with Crippen LogP contribution in [0.2, 0.25) is 0 Å². The smallest absolute Gasteiger partial charge is 0.242 e. The maximum atomic E-state index is 11.7. The first-order valence-electron chi connectivity index (χ1n) is 4.71. The molecule has 1 saturated carbocycles. The summed E-state index contributed by atoms with van der Waals surface area (Å²) in [6.07, 6.45) is 1.66. The van der Waals surface area contributed by atoms with Crippen LogP contribution in [0.15, 0.2) is 0 Å². The van der Waals surface area contributed by atoms with Gasteiger partial charge < -0.3 is 15.4 Å². The van der Waals surface area contributed by atoms with Gasteiger partial charge in [-0.15, -0.1) is 0 Å². The largest absolute Gasteiger partial charge is 0.383 e. The third-order valence-corrected chi connectivity index (χ3v) is 2.45. The molecule has 0 aromatic rings. The van der Waals surface area contributed by atoms with Crippen molar-refractivity contribution in [3.8, 4) is 0 Å². The van der Waals surface area contributed by atoms with Crippen molar-refractivity contribution in [1.82, 2.24) is 4.90 Å². The van der Waals surface area contributed by atoms with Crippen molar-refractivity contribution in [2.45, 2.75) is 25.3 Å². The van der Waals surface area contributed by atoms with Gasteiger partial charge in [-0.1, -0.05) is 0 Å². The molecule has 0 radical (unpaired) electrons. The highest BCUT2D eigenvalue weighted by molar-refractivity contribution is 5.89. The molecule has 1 fully saturated rings. The van der Waals surface area contributed by atoms with Crippen LogP contribution in [-0.4, -0.2) is 43.2 Å². The lowest BCUT2D eigenvalue weighted by Crippen LogP contribution is -2.46. The Morgan fingerprint density at radius 3 is 2.62 bits per heavy atom. The van der Waals surface area contributed by atoms with Crippen LogP contribution in [0.3, 0.4) is 0 Å². The number of carbonyl (C=O) groups is 1. The van der Waals surface area contributed by atoms with Gasteiger partial charge in [-0.3, -0.25) is 4.79 Å². The highest BCUT2D eigenvalue weighted by atomic mass is 16.5. The van der Waals surface area contributed by atoms with E-state index in [1.807, 2.05) is 6.92 Å². The number of carbonyl (C=O) groups excluding carboxylic acids is 1. The molecule has 0 atom stereocenters. The lowest BCUT2D eigenvalue weighted by Gasteiger charge is -2.23. The minimum absolute atomic E-state index is 0.0760. The molecule has 4 nitrogen and oxygen atoms in total. The molecule has 2 N–H and O–H groups in total. The predicted octanol–water partition coefficient (Wildman–Crippen LogP) is -0.0274. The molecule has 0 unspecified atom stereocenters. The molecule has 0 heterocycles. The first kappa shape index (κ1) is 10.5. The van der Waals surface area contributed by atoms with Crippen LogP contribution in [0.1, 0.15) is 19.8 Å². The maximum absolute atomic E-state index is 11.7. The molecule has 0 bridgehead atoms. The number of nitrogens with two attached hydrogens (primary N) is 1. The molecule has 1 amide bonds. The van der Waals surface area contributed by atoms with E-state index in [9.17, 15) is 4.79 Å². The molecule has 0 spiro atoms. The van der Waals surface area contributed by atoms with Gasteiger partial charge in [-0.05, 0) is 19.8 Å². The summed E-state index contributed by atoms with van der Waals surface area (Å²) < 4.78 is 4.92. The number of nitrogens with zero attached hydrogens (tertiary/aromatic N) is 1. The van der Waals surface area contributed by atoms with E-state index in [1.54, 1.807) is 12.0 Å². The Bertz CT molecular complexity index is 190. The lowest BCUT2D eigenvalue weighted by molar-refractivity contribution is -0.134. The zero-order valence-corrected chi connectivity index (χ0v) is 8.38. The molecule has 0 aromatic carbocycles. The second-order valence-electron chi connectivity index (χ2n) is 3.53. The Labute approximate surface area is 79.0 Å². The number of rotatable bonds is 5. The van der Waals surface area contributed by atoms with Crippen molar-refractivity contribution in [3.63, 3.8) is 0 Å². The number of hydrogen-bond acceptors (Lipinski definition) is 3. The Kier molecular flexibility index (Phi) is 3.27. The van der Waals surface area contributed by atoms with Gasteiger partial charge in [0.2, 0.25) is 5.91 Å². The Morgan fingerprint density at radius 1 is 1.62 bits per heavy atom. The zero-order valence-electron chi connectivity index (χ0n) is 8.38. The SMILES string of the molecule is CCN(CCOC)C(=O)C1(N)CC1. The van der Waals surface area contributed by atoms with Crippen LogP contribution >= 0.6 is 0 Å². The molecule has 1 aliphatic carbocycles. The van der Waals surface area contributed by atoms with Gasteiger partial charge >= 0.3 is 0 Å². The van der Waals surface area contributed by atoms with Crippen LogP contribution in [0.25, 0.3) is 0 Å². The van der Waals surface area contributed by atoms with E-state index < -0.39 is 5.54 Å². The molecular formula is C9H18N2O2. The predicted molar refractivity (Wildman–Crippen MR) is 50.3 cm³/mol. The second-order valence-corrected chi connectivity index (χ2v) is 3.53. The molecule has 13 heavy (non-hydrogen) atoms. The summed E-state index contributed by atoms with van der Waals surface area (Å²) in [4.78, 5) is 13.5. The number of ether oxygens (including phenoxy) is 1. The van der Waals surface area contributed by atoms with Crippen LogP contribution in [0.5, 0.6) is 0 Å². The van der Waals surface area contributed by atoms with Crippen molar-refractivity contribution in [2.75, 3.05) is 26.8 Å². The Balaban J connectivity index is 2.41. The summed E-state index contributed by atoms with van der Waals surface area (Å²) in [5.41, 5.74) is 5.27. The molecule has 76 valence electrons. The quantitative estimate of drug-likeness (QED) is 0.656. The number of hydrogen-bond donors (Lipinski definition) is 1. The second kappa shape index (κ2) is 4.07. The van der Waals surface area contributed by atoms with Crippen LogP contribution in [0, 0.1) is 0 Å². The van der Waals surface area contributed by atoms with Gasteiger partial charge in [0.05, 0.1) is 12.1 Å². The van der Waals surface area contributed by atoms with Crippen molar-refractivity contribution in [3.05, 3.63) is 0 Å². The molecular weight excluding hydrogens is 168 g/mol. The highest BCUT2D eigenvalue weighted by Gasteiger charge is 2.47. The first-order valence-corrected chi connectivity index (χ1v) is 4.71. The zero-order chi connectivity index (χ0) is 9.90. The molecule has 0 saturated heterocycles. The Hall–Kier alpha value is -0.610. The minimum atomic E-state index is -0.538. The summed E-state index contributed by atoms with van der Waals surface area (Å²) in [6, 6.07) is 0. The van der Waals surface area contributed by atoms with E-state index in [1.165, 1.54) is 0 Å². The third-order valence-electron chi connectivity index (χ3n) is 2.45. The van der Waals surface area contributed by atoms with Crippen LogP contribution in [0.4, 0.5) is 0 Å². The molecule has 1 aliphatic rings. The average molecular weight is 186 g/mol. The maximum Gasteiger partial charge on any atom is 0.242 e. The fraction of sp³-hybridized carbons (Fsp3) is 0.889. The fourth-order valence-electron chi connectivity index (χ4n) is 1.27. The highest BCUT2D eigenvalue weighted by Crippen LogP contribution is 2.33. The topological polar surface area (TPSA) is 55.6 Å². The number of amides is 1. The van der Waals surface area contributed by atoms with E-state index in [0.29, 0.717) is 19.7 Å². The normalized spacial score (nSPS) is 18.4. The van der Waals surface area contributed by atoms with Gasteiger partial charge in [0.15, 0.2) is 0 Å². The monoisotopic (exact) mass is 186 g/mol. The summed E-state index contributed by atoms with van der Waals surface area (Å²) in [6.45, 7) is 3.89. The lowest BCUT2D eigenvalue weighted by atomic mass is 10.2. The van der Waals surface area contributed by atoms with E-state index >= 15 is 0 Å².